The van der Waals surface area contributed by atoms with Crippen molar-refractivity contribution >= 4 is 39.9 Å². The molecule has 9 nitrogen and oxygen atoms in total. The van der Waals surface area contributed by atoms with Gasteiger partial charge in [-0.15, -0.1) is 0 Å². The second kappa shape index (κ2) is 9.04. The average Bonchev–Trinajstić information content (AvgIpc) is 3.30. The maximum atomic E-state index is 12.7. The predicted octanol–water partition coefficient (Wildman–Crippen LogP) is 3.33. The van der Waals surface area contributed by atoms with Gasteiger partial charge >= 0.3 is 12.0 Å². The number of nitrogens with one attached hydrogen (secondary N) is 1. The number of imide groups is 1. The fourth-order valence-electron chi connectivity index (χ4n) is 2.82. The third-order valence-electron chi connectivity index (χ3n) is 4.18. The number of esters is 1. The number of amides is 3. The van der Waals surface area contributed by atoms with Crippen LogP contribution in [-0.4, -0.2) is 43.6 Å². The summed E-state index contributed by atoms with van der Waals surface area (Å²) in [6, 6.07) is 5.76. The minimum atomic E-state index is -0.644. The Bertz CT molecular complexity index is 1030. The second-order valence-electron chi connectivity index (χ2n) is 6.10. The zero-order valence-corrected chi connectivity index (χ0v) is 18.1. The van der Waals surface area contributed by atoms with Gasteiger partial charge in [-0.25, -0.2) is 9.59 Å². The molecule has 1 saturated heterocycles. The van der Waals surface area contributed by atoms with Gasteiger partial charge in [0.25, 0.3) is 5.91 Å². The molecule has 3 rings (SSSR count). The van der Waals surface area contributed by atoms with Crippen LogP contribution in [0.2, 0.25) is 0 Å². The molecule has 1 aromatic heterocycles. The van der Waals surface area contributed by atoms with Crippen LogP contribution in [0.25, 0.3) is 6.08 Å². The summed E-state index contributed by atoms with van der Waals surface area (Å²) in [6.45, 7) is 2.19. The van der Waals surface area contributed by atoms with Crippen LogP contribution in [0.4, 0.5) is 4.79 Å². The van der Waals surface area contributed by atoms with Crippen LogP contribution in [0.5, 0.6) is 11.5 Å². The monoisotopic (exact) mass is 478 g/mol. The summed E-state index contributed by atoms with van der Waals surface area (Å²) < 4.78 is 21.4. The molecule has 0 radical (unpaired) electrons. The van der Waals surface area contributed by atoms with Crippen LogP contribution >= 0.6 is 15.9 Å². The number of carbonyl (C=O) groups excluding carboxylic acids is 3. The van der Waals surface area contributed by atoms with E-state index in [9.17, 15) is 14.4 Å². The van der Waals surface area contributed by atoms with Crippen LogP contribution in [0.15, 0.2) is 38.9 Å². The molecule has 1 fully saturated rings. The summed E-state index contributed by atoms with van der Waals surface area (Å²) in [5.41, 5.74) is 0.719. The fraction of sp³-hybridized carbons (Fsp3) is 0.250. The lowest BCUT2D eigenvalue weighted by atomic mass is 10.1. The molecule has 0 aliphatic carbocycles. The van der Waals surface area contributed by atoms with Crippen molar-refractivity contribution in [2.24, 2.45) is 0 Å². The number of carbonyl (C=O) groups is 3. The van der Waals surface area contributed by atoms with Gasteiger partial charge in [-0.3, -0.25) is 9.69 Å². The lowest BCUT2D eigenvalue weighted by molar-refractivity contribution is -0.123. The van der Waals surface area contributed by atoms with Crippen molar-refractivity contribution in [2.45, 2.75) is 13.5 Å². The Morgan fingerprint density at radius 2 is 2.03 bits per heavy atom. The van der Waals surface area contributed by atoms with Gasteiger partial charge < -0.3 is 23.9 Å². The molecule has 3 amide bonds. The lowest BCUT2D eigenvalue weighted by Crippen LogP contribution is -2.30. The average molecular weight is 479 g/mol. The quantitative estimate of drug-likeness (QED) is 0.369. The highest BCUT2D eigenvalue weighted by molar-refractivity contribution is 9.10. The van der Waals surface area contributed by atoms with Crippen molar-refractivity contribution in [1.82, 2.24) is 10.2 Å². The Morgan fingerprint density at radius 3 is 2.70 bits per heavy atom. The van der Waals surface area contributed by atoms with Gasteiger partial charge in [-0.2, -0.15) is 0 Å². The highest BCUT2D eigenvalue weighted by atomic mass is 79.9. The number of hydrogen-bond acceptors (Lipinski definition) is 7. The maximum absolute atomic E-state index is 12.7. The summed E-state index contributed by atoms with van der Waals surface area (Å²) in [4.78, 5) is 37.4. The van der Waals surface area contributed by atoms with Gasteiger partial charge in [0.05, 0.1) is 31.8 Å². The number of nitrogens with zero attached hydrogens (tertiary/aromatic N) is 1. The Morgan fingerprint density at radius 1 is 1.27 bits per heavy atom. The SMILES string of the molecule is CCOc1c(Br)cc(/C=C2\NC(=O)N(Cc3ccc(C(=O)OC)o3)C2=O)cc1OC. The molecule has 0 atom stereocenters. The van der Waals surface area contributed by atoms with Crippen LogP contribution in [0.1, 0.15) is 28.8 Å². The van der Waals surface area contributed by atoms with E-state index in [1.807, 2.05) is 6.92 Å². The molecule has 1 aromatic carbocycles. The van der Waals surface area contributed by atoms with E-state index in [0.29, 0.717) is 28.1 Å². The molecule has 0 spiro atoms. The van der Waals surface area contributed by atoms with Crippen molar-refractivity contribution in [2.75, 3.05) is 20.8 Å². The summed E-state index contributed by atoms with van der Waals surface area (Å²) in [6.07, 6.45) is 1.53. The van der Waals surface area contributed by atoms with E-state index in [4.69, 9.17) is 13.9 Å². The lowest BCUT2D eigenvalue weighted by Gasteiger charge is -2.12. The van der Waals surface area contributed by atoms with Gasteiger partial charge in [-0.05, 0) is 58.8 Å². The Kier molecular flexibility index (Phi) is 6.46. The maximum Gasteiger partial charge on any atom is 0.373 e. The minimum Gasteiger partial charge on any atom is -0.493 e. The first-order valence-corrected chi connectivity index (χ1v) is 9.69. The van der Waals surface area contributed by atoms with E-state index >= 15 is 0 Å². The summed E-state index contributed by atoms with van der Waals surface area (Å²) >= 11 is 3.43. The number of halogens is 1. The Labute approximate surface area is 180 Å². The molecular weight excluding hydrogens is 460 g/mol. The number of methoxy groups -OCH3 is 2. The molecule has 1 N–H and O–H groups in total. The van der Waals surface area contributed by atoms with Crippen LogP contribution in [-0.2, 0) is 16.1 Å². The molecule has 2 heterocycles. The first kappa shape index (κ1) is 21.4. The summed E-state index contributed by atoms with van der Waals surface area (Å²) in [5.74, 6) is 0.115. The number of benzene rings is 1. The van der Waals surface area contributed by atoms with E-state index in [1.54, 1.807) is 12.1 Å². The molecule has 1 aliphatic rings. The molecule has 158 valence electrons. The van der Waals surface area contributed by atoms with Crippen molar-refractivity contribution < 1.29 is 33.0 Å². The van der Waals surface area contributed by atoms with E-state index in [2.05, 4.69) is 26.0 Å². The van der Waals surface area contributed by atoms with Crippen molar-refractivity contribution in [3.8, 4) is 11.5 Å². The van der Waals surface area contributed by atoms with Gasteiger partial charge in [0.15, 0.2) is 11.5 Å². The molecule has 0 unspecified atom stereocenters. The van der Waals surface area contributed by atoms with Gasteiger partial charge in [0, 0.05) is 0 Å². The zero-order chi connectivity index (χ0) is 21.8. The number of rotatable bonds is 7. The van der Waals surface area contributed by atoms with Gasteiger partial charge in [0.1, 0.15) is 11.5 Å². The minimum absolute atomic E-state index is 0.0124. The summed E-state index contributed by atoms with van der Waals surface area (Å²) in [7, 11) is 2.74. The normalized spacial score (nSPS) is 14.8. The molecule has 10 heteroatoms. The fourth-order valence-corrected chi connectivity index (χ4v) is 3.39. The van der Waals surface area contributed by atoms with E-state index in [1.165, 1.54) is 32.4 Å². The van der Waals surface area contributed by atoms with Gasteiger partial charge in [0.2, 0.25) is 5.76 Å². The summed E-state index contributed by atoms with van der Waals surface area (Å²) in [5, 5.41) is 2.54. The van der Waals surface area contributed by atoms with Crippen LogP contribution in [0, 0.1) is 0 Å². The van der Waals surface area contributed by atoms with Crippen LogP contribution < -0.4 is 14.8 Å². The third kappa shape index (κ3) is 4.33. The Hall–Kier alpha value is -3.27. The second-order valence-corrected chi connectivity index (χ2v) is 6.96. The topological polar surface area (TPSA) is 107 Å². The van der Waals surface area contributed by atoms with Crippen molar-refractivity contribution in [3.63, 3.8) is 0 Å². The number of urea groups is 1. The highest BCUT2D eigenvalue weighted by Crippen LogP contribution is 2.37. The van der Waals surface area contributed by atoms with E-state index in [0.717, 1.165) is 4.90 Å². The van der Waals surface area contributed by atoms with Gasteiger partial charge in [-0.1, -0.05) is 0 Å². The number of hydrogen-bond donors (Lipinski definition) is 1. The molecule has 2 aromatic rings. The predicted molar refractivity (Wildman–Crippen MR) is 109 cm³/mol. The number of ether oxygens (including phenoxy) is 3. The largest absolute Gasteiger partial charge is 0.493 e. The standard InChI is InChI=1S/C20H19BrN2O7/c1-4-29-17-13(21)7-11(9-16(17)27-2)8-14-18(24)23(20(26)22-14)10-12-5-6-15(30-12)19(25)28-3/h5-9H,4,10H2,1-3H3,(H,22,26)/b14-8-. The van der Waals surface area contributed by atoms with E-state index in [-0.39, 0.29) is 23.8 Å². The highest BCUT2D eigenvalue weighted by Gasteiger charge is 2.34. The first-order chi connectivity index (χ1) is 14.4. The molecule has 30 heavy (non-hydrogen) atoms. The van der Waals surface area contributed by atoms with E-state index < -0.39 is 17.9 Å². The molecule has 0 bridgehead atoms. The van der Waals surface area contributed by atoms with Crippen molar-refractivity contribution in [1.29, 1.82) is 0 Å². The first-order valence-electron chi connectivity index (χ1n) is 8.89. The molecule has 1 aliphatic heterocycles. The Balaban J connectivity index is 1.82. The number of furan rings is 1. The zero-order valence-electron chi connectivity index (χ0n) is 16.5. The molecular formula is C20H19BrN2O7. The molecule has 0 saturated carbocycles. The third-order valence-corrected chi connectivity index (χ3v) is 4.76. The smallest absolute Gasteiger partial charge is 0.373 e. The van der Waals surface area contributed by atoms with Crippen LogP contribution in [0.3, 0.4) is 0 Å². The van der Waals surface area contributed by atoms with Crippen molar-refractivity contribution in [3.05, 3.63) is 51.5 Å².